The van der Waals surface area contributed by atoms with Crippen molar-refractivity contribution in [1.29, 1.82) is 0 Å². The zero-order valence-electron chi connectivity index (χ0n) is 10.4. The maximum absolute atomic E-state index is 11.7. The molecule has 0 spiro atoms. The lowest BCUT2D eigenvalue weighted by molar-refractivity contribution is -0.117. The van der Waals surface area contributed by atoms with Gasteiger partial charge in [-0.3, -0.25) is 15.0 Å². The molecule has 1 aromatic rings. The highest BCUT2D eigenvalue weighted by Crippen LogP contribution is 2.08. The lowest BCUT2D eigenvalue weighted by Gasteiger charge is -2.17. The summed E-state index contributed by atoms with van der Waals surface area (Å²) < 4.78 is 4.94. The average Bonchev–Trinajstić information content (AvgIpc) is 2.53. The fourth-order valence-corrected chi connectivity index (χ4v) is 1.86. The van der Waals surface area contributed by atoms with Crippen LogP contribution in [0.1, 0.15) is 12.1 Å². The van der Waals surface area contributed by atoms with Gasteiger partial charge in [-0.2, -0.15) is 0 Å². The van der Waals surface area contributed by atoms with Crippen LogP contribution in [0.4, 0.5) is 5.88 Å². The summed E-state index contributed by atoms with van der Waals surface area (Å²) in [6.45, 7) is 6.05. The number of carbonyl (C=O) groups excluding carboxylic acids is 1. The van der Waals surface area contributed by atoms with Gasteiger partial charge in [-0.15, -0.1) is 12.4 Å². The Bertz CT molecular complexity index is 375. The number of anilines is 1. The number of halogens is 1. The molecule has 7 heteroatoms. The van der Waals surface area contributed by atoms with Crippen molar-refractivity contribution < 1.29 is 9.32 Å². The number of carbonyl (C=O) groups is 1. The summed E-state index contributed by atoms with van der Waals surface area (Å²) in [4.78, 5) is 13.9. The first-order valence-electron chi connectivity index (χ1n) is 5.90. The standard InChI is InChI=1S/C11H18N4O2.ClH/c1-9-7-11(17-14-9)13-10(16)8-15-5-2-3-12-4-6-15;/h7,12H,2-6,8H2,1H3,(H,13,16);1H. The highest BCUT2D eigenvalue weighted by Gasteiger charge is 2.13. The van der Waals surface area contributed by atoms with E-state index in [1.165, 1.54) is 0 Å². The van der Waals surface area contributed by atoms with E-state index in [-0.39, 0.29) is 18.3 Å². The SMILES string of the molecule is Cc1cc(NC(=O)CN2CCCNCC2)on1.Cl. The molecule has 102 valence electrons. The van der Waals surface area contributed by atoms with Crippen molar-refractivity contribution in [3.05, 3.63) is 11.8 Å². The van der Waals surface area contributed by atoms with Gasteiger partial charge >= 0.3 is 0 Å². The van der Waals surface area contributed by atoms with Crippen molar-refractivity contribution in [3.63, 3.8) is 0 Å². The molecule has 6 nitrogen and oxygen atoms in total. The molecule has 1 aliphatic rings. The molecule has 0 aromatic carbocycles. The zero-order chi connectivity index (χ0) is 12.1. The molecule has 2 heterocycles. The quantitative estimate of drug-likeness (QED) is 0.846. The Morgan fingerprint density at radius 3 is 3.11 bits per heavy atom. The van der Waals surface area contributed by atoms with Crippen LogP contribution in [0.15, 0.2) is 10.6 Å². The van der Waals surface area contributed by atoms with E-state index >= 15 is 0 Å². The summed E-state index contributed by atoms with van der Waals surface area (Å²) in [6, 6.07) is 1.71. The van der Waals surface area contributed by atoms with Gasteiger partial charge in [-0.05, 0) is 26.4 Å². The van der Waals surface area contributed by atoms with Crippen LogP contribution < -0.4 is 10.6 Å². The first-order chi connectivity index (χ1) is 8.24. The molecule has 1 saturated heterocycles. The number of nitrogens with one attached hydrogen (secondary N) is 2. The Morgan fingerprint density at radius 1 is 1.56 bits per heavy atom. The molecule has 2 rings (SSSR count). The topological polar surface area (TPSA) is 70.4 Å². The monoisotopic (exact) mass is 274 g/mol. The maximum Gasteiger partial charge on any atom is 0.240 e. The molecule has 0 bridgehead atoms. The number of nitrogens with zero attached hydrogens (tertiary/aromatic N) is 2. The van der Waals surface area contributed by atoms with Crippen molar-refractivity contribution in [1.82, 2.24) is 15.4 Å². The summed E-state index contributed by atoms with van der Waals surface area (Å²) in [5, 5.41) is 9.72. The van der Waals surface area contributed by atoms with E-state index in [9.17, 15) is 4.79 Å². The van der Waals surface area contributed by atoms with Crippen LogP contribution in [-0.2, 0) is 4.79 Å². The largest absolute Gasteiger partial charge is 0.338 e. The first kappa shape index (κ1) is 14.9. The summed E-state index contributed by atoms with van der Waals surface area (Å²) in [7, 11) is 0. The lowest BCUT2D eigenvalue weighted by Crippen LogP contribution is -2.35. The number of aryl methyl sites for hydroxylation is 1. The van der Waals surface area contributed by atoms with Crippen LogP contribution in [0.5, 0.6) is 0 Å². The number of aromatic nitrogens is 1. The molecule has 0 aliphatic carbocycles. The van der Waals surface area contributed by atoms with E-state index < -0.39 is 0 Å². The molecule has 0 radical (unpaired) electrons. The molecule has 18 heavy (non-hydrogen) atoms. The van der Waals surface area contributed by atoms with E-state index in [1.54, 1.807) is 6.07 Å². The average molecular weight is 275 g/mol. The van der Waals surface area contributed by atoms with Crippen LogP contribution in [0, 0.1) is 6.92 Å². The molecule has 1 aromatic heterocycles. The second-order valence-electron chi connectivity index (χ2n) is 4.26. The Hall–Kier alpha value is -1.11. The number of hydrogen-bond donors (Lipinski definition) is 2. The van der Waals surface area contributed by atoms with Gasteiger partial charge in [0.05, 0.1) is 12.2 Å². The van der Waals surface area contributed by atoms with Gasteiger partial charge in [0, 0.05) is 19.2 Å². The van der Waals surface area contributed by atoms with Crippen molar-refractivity contribution in [2.45, 2.75) is 13.3 Å². The van der Waals surface area contributed by atoms with Gasteiger partial charge in [-0.25, -0.2) is 0 Å². The van der Waals surface area contributed by atoms with Gasteiger partial charge in [0.25, 0.3) is 0 Å². The maximum atomic E-state index is 11.7. The molecule has 0 saturated carbocycles. The summed E-state index contributed by atoms with van der Waals surface area (Å²) in [6.07, 6.45) is 1.08. The predicted molar refractivity (Wildman–Crippen MR) is 71.0 cm³/mol. The molecule has 1 amide bonds. The van der Waals surface area contributed by atoms with Gasteiger partial charge < -0.3 is 9.84 Å². The minimum Gasteiger partial charge on any atom is -0.338 e. The molecular weight excluding hydrogens is 256 g/mol. The van der Waals surface area contributed by atoms with Crippen molar-refractivity contribution in [2.24, 2.45) is 0 Å². The fraction of sp³-hybridized carbons (Fsp3) is 0.636. The third-order valence-electron chi connectivity index (χ3n) is 2.69. The Balaban J connectivity index is 0.00000162. The van der Waals surface area contributed by atoms with E-state index in [0.717, 1.165) is 38.3 Å². The number of rotatable bonds is 3. The van der Waals surface area contributed by atoms with Crippen LogP contribution in [-0.4, -0.2) is 48.7 Å². The second kappa shape index (κ2) is 7.35. The third-order valence-corrected chi connectivity index (χ3v) is 2.69. The molecule has 1 fully saturated rings. The zero-order valence-corrected chi connectivity index (χ0v) is 11.3. The summed E-state index contributed by atoms with van der Waals surface area (Å²) in [5.74, 6) is 0.364. The molecule has 1 aliphatic heterocycles. The van der Waals surface area contributed by atoms with E-state index in [2.05, 4.69) is 20.7 Å². The smallest absolute Gasteiger partial charge is 0.240 e. The van der Waals surface area contributed by atoms with Crippen LogP contribution >= 0.6 is 12.4 Å². The molecule has 2 N–H and O–H groups in total. The van der Waals surface area contributed by atoms with Gasteiger partial charge in [0.15, 0.2) is 0 Å². The Kier molecular flexibility index (Phi) is 6.11. The first-order valence-corrected chi connectivity index (χ1v) is 5.90. The second-order valence-corrected chi connectivity index (χ2v) is 4.26. The van der Waals surface area contributed by atoms with Crippen LogP contribution in [0.25, 0.3) is 0 Å². The number of hydrogen-bond acceptors (Lipinski definition) is 5. The van der Waals surface area contributed by atoms with Gasteiger partial charge in [-0.1, -0.05) is 5.16 Å². The minimum atomic E-state index is -0.0527. The molecule has 0 atom stereocenters. The number of amides is 1. The highest BCUT2D eigenvalue weighted by molar-refractivity contribution is 5.90. The van der Waals surface area contributed by atoms with Crippen LogP contribution in [0.3, 0.4) is 0 Å². The van der Waals surface area contributed by atoms with E-state index in [1.807, 2.05) is 6.92 Å². The molecular formula is C11H19ClN4O2. The Morgan fingerprint density at radius 2 is 2.39 bits per heavy atom. The summed E-state index contributed by atoms with van der Waals surface area (Å²) in [5.41, 5.74) is 0.763. The minimum absolute atomic E-state index is 0. The predicted octanol–water partition coefficient (Wildman–Crippen LogP) is 0.639. The fourth-order valence-electron chi connectivity index (χ4n) is 1.86. The Labute approximate surface area is 112 Å². The van der Waals surface area contributed by atoms with Crippen molar-refractivity contribution in [3.8, 4) is 0 Å². The third kappa shape index (κ3) is 4.64. The normalized spacial score (nSPS) is 16.7. The summed E-state index contributed by atoms with van der Waals surface area (Å²) >= 11 is 0. The van der Waals surface area contributed by atoms with Gasteiger partial charge in [0.2, 0.25) is 11.8 Å². The molecule has 0 unspecified atom stereocenters. The van der Waals surface area contributed by atoms with E-state index in [4.69, 9.17) is 4.52 Å². The highest BCUT2D eigenvalue weighted by atomic mass is 35.5. The van der Waals surface area contributed by atoms with Crippen LogP contribution in [0.2, 0.25) is 0 Å². The lowest BCUT2D eigenvalue weighted by atomic mass is 10.4. The van der Waals surface area contributed by atoms with E-state index in [0.29, 0.717) is 12.4 Å². The van der Waals surface area contributed by atoms with Crippen molar-refractivity contribution >= 4 is 24.2 Å². The van der Waals surface area contributed by atoms with Gasteiger partial charge in [0.1, 0.15) is 0 Å². The van der Waals surface area contributed by atoms with Crippen molar-refractivity contribution in [2.75, 3.05) is 38.0 Å².